The van der Waals surface area contributed by atoms with Gasteiger partial charge in [0.2, 0.25) is 15.9 Å². The zero-order valence-corrected chi connectivity index (χ0v) is 20.8. The Kier molecular flexibility index (Phi) is 7.54. The number of aromatic nitrogens is 2. The van der Waals surface area contributed by atoms with Gasteiger partial charge in [-0.25, -0.2) is 13.4 Å². The second-order valence-electron chi connectivity index (χ2n) is 8.10. The van der Waals surface area contributed by atoms with E-state index in [4.69, 9.17) is 20.9 Å². The number of methoxy groups -OCH3 is 1. The van der Waals surface area contributed by atoms with Crippen molar-refractivity contribution < 1.29 is 22.5 Å². The predicted molar refractivity (Wildman–Crippen MR) is 133 cm³/mol. The largest absolute Gasteiger partial charge is 0.497 e. The summed E-state index contributed by atoms with van der Waals surface area (Å²) in [6.07, 6.45) is 5.57. The van der Waals surface area contributed by atoms with Crippen molar-refractivity contribution in [2.24, 2.45) is 5.92 Å². The van der Waals surface area contributed by atoms with Gasteiger partial charge in [0.1, 0.15) is 17.3 Å². The van der Waals surface area contributed by atoms with Crippen LogP contribution in [0.3, 0.4) is 0 Å². The van der Waals surface area contributed by atoms with Crippen molar-refractivity contribution >= 4 is 45.5 Å². The second kappa shape index (κ2) is 10.6. The molecule has 1 aliphatic rings. The van der Waals surface area contributed by atoms with Crippen LogP contribution in [-0.4, -0.2) is 49.0 Å². The van der Waals surface area contributed by atoms with Crippen molar-refractivity contribution in [3.63, 3.8) is 0 Å². The van der Waals surface area contributed by atoms with Gasteiger partial charge in [0, 0.05) is 25.2 Å². The van der Waals surface area contributed by atoms with Gasteiger partial charge in [-0.1, -0.05) is 35.0 Å². The smallest absolute Gasteiger partial charge is 0.248 e. The third-order valence-corrected chi connectivity index (χ3v) is 8.06. The van der Waals surface area contributed by atoms with Crippen LogP contribution in [0.1, 0.15) is 29.9 Å². The minimum Gasteiger partial charge on any atom is -0.497 e. The summed E-state index contributed by atoms with van der Waals surface area (Å²) >= 11 is 5.82. The second-order valence-corrected chi connectivity index (χ2v) is 10.4. The maximum absolute atomic E-state index is 13.4. The Morgan fingerprint density at radius 3 is 2.51 bits per heavy atom. The third-order valence-electron chi connectivity index (χ3n) is 5.78. The number of hydrogen-bond donors (Lipinski definition) is 1. The van der Waals surface area contributed by atoms with Crippen LogP contribution in [0.15, 0.2) is 52.0 Å². The van der Waals surface area contributed by atoms with Gasteiger partial charge in [-0.2, -0.15) is 4.31 Å². The lowest BCUT2D eigenvalue weighted by Gasteiger charge is -2.30. The molecule has 1 saturated heterocycles. The lowest BCUT2D eigenvalue weighted by atomic mass is 9.97. The number of piperidine rings is 1. The van der Waals surface area contributed by atoms with E-state index in [-0.39, 0.29) is 41.3 Å². The van der Waals surface area contributed by atoms with E-state index >= 15 is 0 Å². The highest BCUT2D eigenvalue weighted by Gasteiger charge is 2.36. The molecule has 1 aliphatic heterocycles. The van der Waals surface area contributed by atoms with E-state index in [2.05, 4.69) is 15.5 Å². The molecule has 1 amide bonds. The molecule has 2 aromatic heterocycles. The summed E-state index contributed by atoms with van der Waals surface area (Å²) in [5, 5.41) is 7.12. The highest BCUT2D eigenvalue weighted by atomic mass is 35.5. The normalized spacial score (nSPS) is 15.4. The number of nitrogens with one attached hydrogen (secondary N) is 1. The first kappa shape index (κ1) is 24.9. The van der Waals surface area contributed by atoms with Crippen molar-refractivity contribution in [2.75, 3.05) is 25.5 Å². The molecular weight excluding hydrogens is 492 g/mol. The molecular formula is C24H25ClN4O5S. The van der Waals surface area contributed by atoms with Gasteiger partial charge in [-0.3, -0.25) is 4.79 Å². The maximum Gasteiger partial charge on any atom is 0.248 e. The average molecular weight is 517 g/mol. The molecule has 0 aliphatic carbocycles. The Morgan fingerprint density at radius 2 is 1.89 bits per heavy atom. The summed E-state index contributed by atoms with van der Waals surface area (Å²) in [5.74, 6) is 0.773. The highest BCUT2D eigenvalue weighted by Crippen LogP contribution is 2.29. The van der Waals surface area contributed by atoms with E-state index in [1.54, 1.807) is 38.3 Å². The van der Waals surface area contributed by atoms with E-state index in [1.165, 1.54) is 10.5 Å². The predicted octanol–water partition coefficient (Wildman–Crippen LogP) is 4.25. The highest BCUT2D eigenvalue weighted by molar-refractivity contribution is 7.89. The molecule has 1 fully saturated rings. The fraction of sp³-hybridized carbons (Fsp3) is 0.292. The van der Waals surface area contributed by atoms with Crippen molar-refractivity contribution in [2.45, 2.75) is 24.7 Å². The van der Waals surface area contributed by atoms with Crippen LogP contribution in [0, 0.1) is 12.8 Å². The van der Waals surface area contributed by atoms with E-state index in [0.29, 0.717) is 23.7 Å². The Bertz CT molecular complexity index is 1310. The van der Waals surface area contributed by atoms with Gasteiger partial charge in [-0.05, 0) is 55.7 Å². The van der Waals surface area contributed by atoms with Crippen molar-refractivity contribution in [3.8, 4) is 5.75 Å². The average Bonchev–Trinajstić information content (AvgIpc) is 3.25. The van der Waals surface area contributed by atoms with E-state index in [0.717, 1.165) is 11.3 Å². The number of carbonyl (C=O) groups excluding carboxylic acids is 1. The zero-order chi connectivity index (χ0) is 25.0. The van der Waals surface area contributed by atoms with Crippen molar-refractivity contribution in [1.29, 1.82) is 0 Å². The SMILES string of the molecule is COc1ccc(/C=C\c2onc(C)c2S(=O)(=O)N2CCC(C(=O)Nc3ccc(Cl)cn3)CC2)cc1. The Hall–Kier alpha value is -3.21. The van der Waals surface area contributed by atoms with E-state index < -0.39 is 10.0 Å². The molecule has 1 aromatic carbocycles. The van der Waals surface area contributed by atoms with Gasteiger partial charge < -0.3 is 14.6 Å². The summed E-state index contributed by atoms with van der Waals surface area (Å²) < 4.78 is 38.7. The van der Waals surface area contributed by atoms with E-state index in [1.807, 2.05) is 24.3 Å². The van der Waals surface area contributed by atoms with Gasteiger partial charge >= 0.3 is 0 Å². The molecule has 0 spiro atoms. The molecule has 3 heterocycles. The van der Waals surface area contributed by atoms with Gasteiger partial charge in [-0.15, -0.1) is 0 Å². The van der Waals surface area contributed by atoms with Crippen LogP contribution in [0.2, 0.25) is 5.02 Å². The van der Waals surface area contributed by atoms with Crippen molar-refractivity contribution in [1.82, 2.24) is 14.4 Å². The lowest BCUT2D eigenvalue weighted by Crippen LogP contribution is -2.41. The zero-order valence-electron chi connectivity index (χ0n) is 19.3. The first-order chi connectivity index (χ1) is 16.8. The first-order valence-corrected chi connectivity index (χ1v) is 12.8. The number of hydrogen-bond acceptors (Lipinski definition) is 7. The molecule has 0 radical (unpaired) electrons. The summed E-state index contributed by atoms with van der Waals surface area (Å²) in [4.78, 5) is 16.7. The maximum atomic E-state index is 13.4. The van der Waals surface area contributed by atoms with Gasteiger partial charge in [0.25, 0.3) is 0 Å². The number of amides is 1. The summed E-state index contributed by atoms with van der Waals surface area (Å²) in [5.41, 5.74) is 1.14. The molecule has 3 aromatic rings. The summed E-state index contributed by atoms with van der Waals surface area (Å²) in [6.45, 7) is 2.02. The molecule has 0 saturated carbocycles. The molecule has 0 atom stereocenters. The number of rotatable bonds is 7. The third kappa shape index (κ3) is 5.72. The quantitative estimate of drug-likeness (QED) is 0.499. The molecule has 9 nitrogen and oxygen atoms in total. The number of pyridine rings is 1. The molecule has 4 rings (SSSR count). The summed E-state index contributed by atoms with van der Waals surface area (Å²) in [6, 6.07) is 10.6. The number of carbonyl (C=O) groups is 1. The Balaban J connectivity index is 1.44. The monoisotopic (exact) mass is 516 g/mol. The molecule has 11 heteroatoms. The van der Waals surface area contributed by atoms with Gasteiger partial charge in [0.15, 0.2) is 10.7 Å². The number of sulfonamides is 1. The number of halogens is 1. The summed E-state index contributed by atoms with van der Waals surface area (Å²) in [7, 11) is -2.27. The first-order valence-electron chi connectivity index (χ1n) is 11.0. The lowest BCUT2D eigenvalue weighted by molar-refractivity contribution is -0.120. The number of nitrogens with zero attached hydrogens (tertiary/aromatic N) is 3. The van der Waals surface area contributed by atoms with Crippen LogP contribution in [-0.2, 0) is 14.8 Å². The number of anilines is 1. The number of benzene rings is 1. The van der Waals surface area contributed by atoms with E-state index in [9.17, 15) is 13.2 Å². The van der Waals surface area contributed by atoms with Crippen LogP contribution >= 0.6 is 11.6 Å². The number of aryl methyl sites for hydroxylation is 1. The van der Waals surface area contributed by atoms with Gasteiger partial charge in [0.05, 0.1) is 12.1 Å². The molecule has 184 valence electrons. The standard InChI is InChI=1S/C24H25ClN4O5S/c1-16-23(21(34-28-16)9-5-17-3-7-20(33-2)8-4-17)35(31,32)29-13-11-18(12-14-29)24(30)27-22-10-6-19(25)15-26-22/h3-10,15,18H,11-14H2,1-2H3,(H,26,27,30)/b9-5-. The van der Waals surface area contributed by atoms with Crippen LogP contribution in [0.25, 0.3) is 12.2 Å². The fourth-order valence-corrected chi connectivity index (χ4v) is 5.68. The fourth-order valence-electron chi connectivity index (χ4n) is 3.85. The Labute approximate surface area is 208 Å². The number of ether oxygens (including phenoxy) is 1. The Morgan fingerprint density at radius 1 is 1.17 bits per heavy atom. The van der Waals surface area contributed by atoms with Crippen LogP contribution < -0.4 is 10.1 Å². The molecule has 35 heavy (non-hydrogen) atoms. The van der Waals surface area contributed by atoms with Crippen LogP contribution in [0.5, 0.6) is 5.75 Å². The minimum absolute atomic E-state index is 0.0375. The van der Waals surface area contributed by atoms with Crippen molar-refractivity contribution in [3.05, 3.63) is 64.6 Å². The molecule has 0 bridgehead atoms. The van der Waals surface area contributed by atoms with Crippen LogP contribution in [0.4, 0.5) is 5.82 Å². The molecule has 1 N–H and O–H groups in total. The molecule has 0 unspecified atom stereocenters. The minimum atomic E-state index is -3.86. The topological polar surface area (TPSA) is 115 Å².